The summed E-state index contributed by atoms with van der Waals surface area (Å²) in [6.45, 7) is 2.12. The lowest BCUT2D eigenvalue weighted by Gasteiger charge is -2.16. The first-order valence-corrected chi connectivity index (χ1v) is 6.45. The molecule has 3 heteroatoms. The third-order valence-electron chi connectivity index (χ3n) is 3.43. The van der Waals surface area contributed by atoms with Crippen molar-refractivity contribution in [3.8, 4) is 0 Å². The molecule has 0 aliphatic carbocycles. The molecule has 3 nitrogen and oxygen atoms in total. The van der Waals surface area contributed by atoms with Gasteiger partial charge in [-0.2, -0.15) is 5.10 Å². The van der Waals surface area contributed by atoms with Crippen LogP contribution >= 0.6 is 0 Å². The highest BCUT2D eigenvalue weighted by Gasteiger charge is 2.16. The van der Waals surface area contributed by atoms with Crippen LogP contribution in [0.1, 0.15) is 22.7 Å². The summed E-state index contributed by atoms with van der Waals surface area (Å²) >= 11 is 0. The van der Waals surface area contributed by atoms with Gasteiger partial charge in [-0.1, -0.05) is 35.9 Å². The number of rotatable bonds is 3. The van der Waals surface area contributed by atoms with E-state index >= 15 is 0 Å². The van der Waals surface area contributed by atoms with Gasteiger partial charge in [-0.25, -0.2) is 4.52 Å². The number of pyridine rings is 1. The predicted molar refractivity (Wildman–Crippen MR) is 77.3 cm³/mol. The highest BCUT2D eigenvalue weighted by Crippen LogP contribution is 2.25. The van der Waals surface area contributed by atoms with Gasteiger partial charge in [0.1, 0.15) is 0 Å². The summed E-state index contributed by atoms with van der Waals surface area (Å²) < 4.78 is 1.91. The lowest BCUT2D eigenvalue weighted by molar-refractivity contribution is 0.696. The van der Waals surface area contributed by atoms with Crippen molar-refractivity contribution in [2.75, 3.05) is 7.05 Å². The molecule has 0 fully saturated rings. The smallest absolute Gasteiger partial charge is 0.0712 e. The largest absolute Gasteiger partial charge is 0.309 e. The molecular weight excluding hydrogens is 234 g/mol. The Morgan fingerprint density at radius 3 is 2.84 bits per heavy atom. The van der Waals surface area contributed by atoms with Crippen molar-refractivity contribution in [3.63, 3.8) is 0 Å². The Morgan fingerprint density at radius 1 is 1.16 bits per heavy atom. The highest BCUT2D eigenvalue weighted by molar-refractivity contribution is 5.57. The van der Waals surface area contributed by atoms with Gasteiger partial charge >= 0.3 is 0 Å². The van der Waals surface area contributed by atoms with Crippen molar-refractivity contribution in [3.05, 3.63) is 71.5 Å². The third kappa shape index (κ3) is 2.13. The summed E-state index contributed by atoms with van der Waals surface area (Å²) in [6, 6.07) is 14.9. The zero-order valence-electron chi connectivity index (χ0n) is 11.2. The monoisotopic (exact) mass is 251 g/mol. The molecular formula is C16H17N3. The van der Waals surface area contributed by atoms with E-state index in [4.69, 9.17) is 0 Å². The van der Waals surface area contributed by atoms with Gasteiger partial charge in [0.25, 0.3) is 0 Å². The lowest BCUT2D eigenvalue weighted by atomic mass is 9.98. The molecule has 19 heavy (non-hydrogen) atoms. The van der Waals surface area contributed by atoms with Crippen molar-refractivity contribution in [1.82, 2.24) is 14.9 Å². The van der Waals surface area contributed by atoms with Crippen molar-refractivity contribution in [2.45, 2.75) is 13.0 Å². The first-order chi connectivity index (χ1) is 9.29. The second-order valence-electron chi connectivity index (χ2n) is 4.77. The Labute approximate surface area is 112 Å². The molecule has 0 aliphatic rings. The number of nitrogens with one attached hydrogen (secondary N) is 1. The molecule has 0 radical (unpaired) electrons. The molecule has 3 aromatic rings. The zero-order valence-corrected chi connectivity index (χ0v) is 11.2. The van der Waals surface area contributed by atoms with Crippen LogP contribution in [0.15, 0.2) is 54.9 Å². The first kappa shape index (κ1) is 11.9. The van der Waals surface area contributed by atoms with Crippen molar-refractivity contribution in [1.29, 1.82) is 0 Å². The van der Waals surface area contributed by atoms with E-state index in [1.807, 2.05) is 36.1 Å². The van der Waals surface area contributed by atoms with E-state index in [-0.39, 0.29) is 6.04 Å². The normalized spacial score (nSPS) is 12.7. The third-order valence-corrected chi connectivity index (χ3v) is 3.43. The maximum absolute atomic E-state index is 4.41. The molecule has 0 spiro atoms. The van der Waals surface area contributed by atoms with E-state index in [0.717, 1.165) is 5.52 Å². The topological polar surface area (TPSA) is 29.3 Å². The SMILES string of the molecule is CNC(c1cccc(C)c1)c1cnn2ccccc12. The first-order valence-electron chi connectivity index (χ1n) is 6.45. The Hall–Kier alpha value is -2.13. The molecule has 3 rings (SSSR count). The van der Waals surface area contributed by atoms with E-state index in [2.05, 4.69) is 47.7 Å². The van der Waals surface area contributed by atoms with Crippen LogP contribution in [0.5, 0.6) is 0 Å². The zero-order chi connectivity index (χ0) is 13.2. The average molecular weight is 251 g/mol. The fourth-order valence-corrected chi connectivity index (χ4v) is 2.53. The fourth-order valence-electron chi connectivity index (χ4n) is 2.53. The van der Waals surface area contributed by atoms with Crippen LogP contribution in [0.4, 0.5) is 0 Å². The summed E-state index contributed by atoms with van der Waals surface area (Å²) in [5, 5.41) is 7.80. The van der Waals surface area contributed by atoms with Gasteiger partial charge in [0.05, 0.1) is 17.8 Å². The Morgan fingerprint density at radius 2 is 2.05 bits per heavy atom. The van der Waals surface area contributed by atoms with E-state index in [1.165, 1.54) is 16.7 Å². The highest BCUT2D eigenvalue weighted by atomic mass is 15.2. The molecule has 1 N–H and O–H groups in total. The molecule has 1 atom stereocenters. The van der Waals surface area contributed by atoms with Crippen molar-refractivity contribution in [2.24, 2.45) is 0 Å². The molecule has 0 bridgehead atoms. The molecule has 2 aromatic heterocycles. The lowest BCUT2D eigenvalue weighted by Crippen LogP contribution is -2.17. The standard InChI is InChI=1S/C16H17N3/c1-12-6-5-7-13(10-12)16(17-2)14-11-18-19-9-4-3-8-15(14)19/h3-11,16-17H,1-2H3. The average Bonchev–Trinajstić information content (AvgIpc) is 2.84. The van der Waals surface area contributed by atoms with Crippen LogP contribution < -0.4 is 5.32 Å². The molecule has 0 saturated carbocycles. The minimum atomic E-state index is 0.166. The number of hydrogen-bond acceptors (Lipinski definition) is 2. The minimum absolute atomic E-state index is 0.166. The van der Waals surface area contributed by atoms with Crippen LogP contribution in [0, 0.1) is 6.92 Å². The van der Waals surface area contributed by atoms with Crippen LogP contribution in [0.2, 0.25) is 0 Å². The summed E-state index contributed by atoms with van der Waals surface area (Å²) in [5.74, 6) is 0. The number of aromatic nitrogens is 2. The van der Waals surface area contributed by atoms with Crippen LogP contribution in [0.25, 0.3) is 5.52 Å². The second-order valence-corrected chi connectivity index (χ2v) is 4.77. The molecule has 0 amide bonds. The minimum Gasteiger partial charge on any atom is -0.309 e. The summed E-state index contributed by atoms with van der Waals surface area (Å²) in [5.41, 5.74) is 4.88. The maximum atomic E-state index is 4.41. The second kappa shape index (κ2) is 4.86. The van der Waals surface area contributed by atoms with Gasteiger partial charge in [0, 0.05) is 11.8 Å². The van der Waals surface area contributed by atoms with Crippen LogP contribution in [-0.4, -0.2) is 16.7 Å². The Balaban J connectivity index is 2.12. The van der Waals surface area contributed by atoms with Gasteiger partial charge < -0.3 is 5.32 Å². The molecule has 1 unspecified atom stereocenters. The summed E-state index contributed by atoms with van der Waals surface area (Å²) in [7, 11) is 1.99. The van der Waals surface area contributed by atoms with Gasteiger partial charge in [-0.3, -0.25) is 0 Å². The quantitative estimate of drug-likeness (QED) is 0.775. The van der Waals surface area contributed by atoms with Gasteiger partial charge in [0.2, 0.25) is 0 Å². The molecule has 0 saturated heterocycles. The maximum Gasteiger partial charge on any atom is 0.0712 e. The number of hydrogen-bond donors (Lipinski definition) is 1. The van der Waals surface area contributed by atoms with E-state index in [0.29, 0.717) is 0 Å². The van der Waals surface area contributed by atoms with E-state index in [9.17, 15) is 0 Å². The van der Waals surface area contributed by atoms with Gasteiger partial charge in [-0.05, 0) is 31.7 Å². The summed E-state index contributed by atoms with van der Waals surface area (Å²) in [4.78, 5) is 0. The molecule has 0 aliphatic heterocycles. The summed E-state index contributed by atoms with van der Waals surface area (Å²) in [6.07, 6.45) is 3.92. The van der Waals surface area contributed by atoms with Gasteiger partial charge in [0.15, 0.2) is 0 Å². The number of nitrogens with zero attached hydrogens (tertiary/aromatic N) is 2. The predicted octanol–water partition coefficient (Wildman–Crippen LogP) is 2.95. The number of aryl methyl sites for hydroxylation is 1. The van der Waals surface area contributed by atoms with E-state index < -0.39 is 0 Å². The van der Waals surface area contributed by atoms with Crippen molar-refractivity contribution >= 4 is 5.52 Å². The number of benzene rings is 1. The fraction of sp³-hybridized carbons (Fsp3) is 0.188. The van der Waals surface area contributed by atoms with Crippen LogP contribution in [-0.2, 0) is 0 Å². The molecule has 2 heterocycles. The molecule has 1 aromatic carbocycles. The Bertz CT molecular complexity index is 700. The van der Waals surface area contributed by atoms with Crippen molar-refractivity contribution < 1.29 is 0 Å². The van der Waals surface area contributed by atoms with E-state index in [1.54, 1.807) is 0 Å². The molecule has 96 valence electrons. The van der Waals surface area contributed by atoms with Crippen LogP contribution in [0.3, 0.4) is 0 Å². The Kier molecular flexibility index (Phi) is 3.05. The van der Waals surface area contributed by atoms with Gasteiger partial charge in [-0.15, -0.1) is 0 Å². The number of fused-ring (bicyclic) bond motifs is 1.